The van der Waals surface area contributed by atoms with Crippen LogP contribution in [0.1, 0.15) is 5.56 Å². The van der Waals surface area contributed by atoms with Gasteiger partial charge >= 0.3 is 6.18 Å². The van der Waals surface area contributed by atoms with Gasteiger partial charge in [-0.2, -0.15) is 13.2 Å². The largest absolute Gasteiger partial charge is 0.497 e. The van der Waals surface area contributed by atoms with Crippen LogP contribution in [0.4, 0.5) is 13.2 Å². The first-order chi connectivity index (χ1) is 11.4. The van der Waals surface area contributed by atoms with Crippen LogP contribution in [0.3, 0.4) is 0 Å². The van der Waals surface area contributed by atoms with Crippen molar-refractivity contribution in [2.75, 3.05) is 13.4 Å². The molecule has 0 unspecified atom stereocenters. The van der Waals surface area contributed by atoms with Crippen molar-refractivity contribution < 1.29 is 17.9 Å². The first kappa shape index (κ1) is 16.6. The number of ether oxygens (including phenoxy) is 1. The molecule has 24 heavy (non-hydrogen) atoms. The Kier molecular flexibility index (Phi) is 4.40. The van der Waals surface area contributed by atoms with E-state index in [0.717, 1.165) is 0 Å². The smallest absolute Gasteiger partial charge is 0.393 e. The Morgan fingerprint density at radius 2 is 2.00 bits per heavy atom. The first-order valence-corrected chi connectivity index (χ1v) is 8.27. The SMILES string of the molecule is COc1ccc(-c2nnc(SC)n3cccc23)c(CC(F)(F)F)c1. The molecule has 0 N–H and O–H groups in total. The number of hydrogen-bond acceptors (Lipinski definition) is 4. The van der Waals surface area contributed by atoms with Crippen LogP contribution in [0, 0.1) is 0 Å². The Balaban J connectivity index is 2.21. The first-order valence-electron chi connectivity index (χ1n) is 7.04. The standard InChI is InChI=1S/C16H14F3N3OS/c1-23-11-5-6-12(10(8-11)9-16(17,18)19)14-13-4-3-7-22(13)15(24-2)21-20-14/h3-8H,9H2,1-2H3. The minimum absolute atomic E-state index is 0.108. The second-order valence-electron chi connectivity index (χ2n) is 5.11. The third kappa shape index (κ3) is 3.19. The molecule has 0 radical (unpaired) electrons. The number of aromatic nitrogens is 3. The van der Waals surface area contributed by atoms with Gasteiger partial charge in [-0.15, -0.1) is 10.2 Å². The summed E-state index contributed by atoms with van der Waals surface area (Å²) < 4.78 is 45.8. The lowest BCUT2D eigenvalue weighted by Gasteiger charge is -2.14. The molecule has 1 aromatic carbocycles. The number of thioether (sulfide) groups is 1. The van der Waals surface area contributed by atoms with Gasteiger partial charge in [0.15, 0.2) is 5.16 Å². The molecule has 2 heterocycles. The monoisotopic (exact) mass is 353 g/mol. The van der Waals surface area contributed by atoms with E-state index in [4.69, 9.17) is 4.74 Å². The summed E-state index contributed by atoms with van der Waals surface area (Å²) in [5.41, 5.74) is 1.63. The number of rotatable bonds is 4. The van der Waals surface area contributed by atoms with E-state index in [0.29, 0.717) is 27.7 Å². The van der Waals surface area contributed by atoms with Crippen LogP contribution in [-0.2, 0) is 6.42 Å². The topological polar surface area (TPSA) is 39.4 Å². The van der Waals surface area contributed by atoms with E-state index >= 15 is 0 Å². The summed E-state index contributed by atoms with van der Waals surface area (Å²) >= 11 is 1.42. The fourth-order valence-corrected chi connectivity index (χ4v) is 3.03. The summed E-state index contributed by atoms with van der Waals surface area (Å²) in [7, 11) is 1.42. The van der Waals surface area contributed by atoms with Gasteiger partial charge in [0.1, 0.15) is 11.4 Å². The van der Waals surface area contributed by atoms with Crippen molar-refractivity contribution in [3.8, 4) is 17.0 Å². The second-order valence-corrected chi connectivity index (χ2v) is 5.89. The maximum Gasteiger partial charge on any atom is 0.393 e. The van der Waals surface area contributed by atoms with Crippen LogP contribution in [0.2, 0.25) is 0 Å². The molecule has 0 aliphatic carbocycles. The lowest BCUT2D eigenvalue weighted by Crippen LogP contribution is -2.13. The van der Waals surface area contributed by atoms with Crippen molar-refractivity contribution in [2.24, 2.45) is 0 Å². The second kappa shape index (κ2) is 6.35. The van der Waals surface area contributed by atoms with Gasteiger partial charge in [0.25, 0.3) is 0 Å². The fourth-order valence-electron chi connectivity index (χ4n) is 2.55. The van der Waals surface area contributed by atoms with Gasteiger partial charge < -0.3 is 4.74 Å². The predicted octanol–water partition coefficient (Wildman–Crippen LogP) is 4.23. The molecular weight excluding hydrogens is 339 g/mol. The lowest BCUT2D eigenvalue weighted by molar-refractivity contribution is -0.127. The Hall–Kier alpha value is -2.22. The number of nitrogens with zero attached hydrogens (tertiary/aromatic N) is 3. The van der Waals surface area contributed by atoms with E-state index in [9.17, 15) is 13.2 Å². The number of methoxy groups -OCH3 is 1. The summed E-state index contributed by atoms with van der Waals surface area (Å²) in [4.78, 5) is 0. The third-order valence-corrected chi connectivity index (χ3v) is 4.22. The van der Waals surface area contributed by atoms with Crippen molar-refractivity contribution in [1.82, 2.24) is 14.6 Å². The van der Waals surface area contributed by atoms with Crippen molar-refractivity contribution in [3.63, 3.8) is 0 Å². The van der Waals surface area contributed by atoms with Gasteiger partial charge in [-0.3, -0.25) is 4.40 Å². The third-order valence-electron chi connectivity index (χ3n) is 3.57. The van der Waals surface area contributed by atoms with Crippen molar-refractivity contribution in [2.45, 2.75) is 17.8 Å². The number of benzene rings is 1. The maximum absolute atomic E-state index is 13.0. The van der Waals surface area contributed by atoms with Crippen molar-refractivity contribution in [3.05, 3.63) is 42.1 Å². The molecule has 0 aliphatic rings. The van der Waals surface area contributed by atoms with Crippen LogP contribution in [-0.4, -0.2) is 34.1 Å². The minimum Gasteiger partial charge on any atom is -0.497 e. The summed E-state index contributed by atoms with van der Waals surface area (Å²) in [6.45, 7) is 0. The molecule has 8 heteroatoms. The molecule has 3 aromatic rings. The summed E-state index contributed by atoms with van der Waals surface area (Å²) in [6.07, 6.45) is -1.71. The van der Waals surface area contributed by atoms with Gasteiger partial charge in [-0.05, 0) is 42.2 Å². The summed E-state index contributed by atoms with van der Waals surface area (Å²) in [6, 6.07) is 8.24. The molecule has 0 bridgehead atoms. The highest BCUT2D eigenvalue weighted by molar-refractivity contribution is 7.98. The molecule has 0 amide bonds. The fraction of sp³-hybridized carbons (Fsp3) is 0.250. The molecule has 0 fully saturated rings. The summed E-state index contributed by atoms with van der Waals surface area (Å²) in [5, 5.41) is 8.95. The Morgan fingerprint density at radius 3 is 2.67 bits per heavy atom. The van der Waals surface area contributed by atoms with Crippen molar-refractivity contribution in [1.29, 1.82) is 0 Å². The molecule has 3 rings (SSSR count). The Bertz CT molecular complexity index is 877. The molecule has 4 nitrogen and oxygen atoms in total. The molecule has 0 aliphatic heterocycles. The van der Waals surface area contributed by atoms with Gasteiger partial charge in [-0.25, -0.2) is 0 Å². The van der Waals surface area contributed by atoms with Crippen LogP contribution in [0.15, 0.2) is 41.7 Å². The normalized spacial score (nSPS) is 11.9. The molecule has 0 atom stereocenters. The zero-order valence-electron chi connectivity index (χ0n) is 13.0. The zero-order chi connectivity index (χ0) is 17.3. The Labute approximate surface area is 140 Å². The highest BCUT2D eigenvalue weighted by atomic mass is 32.2. The molecule has 0 spiro atoms. The number of halogens is 3. The molecule has 0 saturated heterocycles. The highest BCUT2D eigenvalue weighted by Gasteiger charge is 2.30. The zero-order valence-corrected chi connectivity index (χ0v) is 13.8. The molecule has 2 aromatic heterocycles. The quantitative estimate of drug-likeness (QED) is 0.658. The van der Waals surface area contributed by atoms with Crippen molar-refractivity contribution >= 4 is 17.3 Å². The van der Waals surface area contributed by atoms with Crippen LogP contribution in [0.25, 0.3) is 16.8 Å². The van der Waals surface area contributed by atoms with E-state index in [1.165, 1.54) is 24.9 Å². The van der Waals surface area contributed by atoms with Gasteiger partial charge in [0, 0.05) is 11.8 Å². The average molecular weight is 353 g/mol. The van der Waals surface area contributed by atoms with E-state index in [2.05, 4.69) is 10.2 Å². The Morgan fingerprint density at radius 1 is 1.21 bits per heavy atom. The lowest BCUT2D eigenvalue weighted by atomic mass is 10.0. The van der Waals surface area contributed by atoms with E-state index in [1.54, 1.807) is 12.1 Å². The molecule has 126 valence electrons. The van der Waals surface area contributed by atoms with E-state index in [1.807, 2.05) is 29.0 Å². The molecule has 0 saturated carbocycles. The van der Waals surface area contributed by atoms with E-state index < -0.39 is 12.6 Å². The minimum atomic E-state index is -4.33. The number of hydrogen-bond donors (Lipinski definition) is 0. The van der Waals surface area contributed by atoms with Gasteiger partial charge in [0.2, 0.25) is 0 Å². The van der Waals surface area contributed by atoms with Crippen LogP contribution < -0.4 is 4.74 Å². The van der Waals surface area contributed by atoms with Gasteiger partial charge in [0.05, 0.1) is 19.0 Å². The van der Waals surface area contributed by atoms with Crippen LogP contribution in [0.5, 0.6) is 5.75 Å². The van der Waals surface area contributed by atoms with E-state index in [-0.39, 0.29) is 5.56 Å². The highest BCUT2D eigenvalue weighted by Crippen LogP contribution is 2.34. The average Bonchev–Trinajstić information content (AvgIpc) is 3.02. The predicted molar refractivity (Wildman–Crippen MR) is 86.5 cm³/mol. The number of fused-ring (bicyclic) bond motifs is 1. The van der Waals surface area contributed by atoms with Gasteiger partial charge in [-0.1, -0.05) is 11.8 Å². The maximum atomic E-state index is 13.0. The molecular formula is C16H14F3N3OS. The summed E-state index contributed by atoms with van der Waals surface area (Å²) in [5.74, 6) is 0.373. The number of alkyl halides is 3. The van der Waals surface area contributed by atoms with Crippen LogP contribution >= 0.6 is 11.8 Å².